The molecule has 1 unspecified atom stereocenters. The van der Waals surface area contributed by atoms with Crippen molar-refractivity contribution >= 4 is 29.2 Å². The van der Waals surface area contributed by atoms with E-state index in [2.05, 4.69) is 37.3 Å². The Kier molecular flexibility index (Phi) is 7.96. The van der Waals surface area contributed by atoms with Crippen LogP contribution in [0.4, 0.5) is 14.6 Å². The van der Waals surface area contributed by atoms with Crippen molar-refractivity contribution in [2.45, 2.75) is 37.9 Å². The van der Waals surface area contributed by atoms with Crippen molar-refractivity contribution in [1.29, 1.82) is 0 Å². The van der Waals surface area contributed by atoms with Crippen LogP contribution in [-0.4, -0.2) is 125 Å². The first-order chi connectivity index (χ1) is 20.9. The lowest BCUT2D eigenvalue weighted by atomic mass is 9.98. The van der Waals surface area contributed by atoms with E-state index in [4.69, 9.17) is 21.3 Å². The number of halogens is 3. The number of hydrogen-bond donors (Lipinski definition) is 1. The number of ether oxygens (including phenoxy) is 1. The van der Waals surface area contributed by atoms with Crippen molar-refractivity contribution in [2.75, 3.05) is 70.9 Å². The second-order valence-electron chi connectivity index (χ2n) is 12.6. The van der Waals surface area contributed by atoms with Crippen LogP contribution < -0.4 is 9.64 Å². The Hall–Kier alpha value is -3.48. The molecule has 1 aromatic heterocycles. The lowest BCUT2D eigenvalue weighted by Gasteiger charge is -2.40. The van der Waals surface area contributed by atoms with Gasteiger partial charge >= 0.3 is 0 Å². The molecule has 236 valence electrons. The van der Waals surface area contributed by atoms with Crippen LogP contribution in [0.5, 0.6) is 11.5 Å². The topological polar surface area (TPSA) is 92.7 Å². The van der Waals surface area contributed by atoms with Gasteiger partial charge in [0, 0.05) is 63.9 Å². The molecule has 13 heteroatoms. The summed E-state index contributed by atoms with van der Waals surface area (Å²) < 4.78 is 36.0. The van der Waals surface area contributed by atoms with E-state index >= 15 is 4.39 Å². The quantitative estimate of drug-likeness (QED) is 0.515. The first-order valence-corrected chi connectivity index (χ1v) is 15.2. The molecule has 4 aliphatic heterocycles. The number of anilines is 1. The number of hydrogen-bond acceptors (Lipinski definition) is 8. The van der Waals surface area contributed by atoms with Gasteiger partial charge in [0.15, 0.2) is 17.3 Å². The minimum Gasteiger partial charge on any atom is -0.504 e. The van der Waals surface area contributed by atoms with Crippen LogP contribution in [0.2, 0.25) is 5.02 Å². The summed E-state index contributed by atoms with van der Waals surface area (Å²) in [5.41, 5.74) is -1.07. The number of aromatic nitrogens is 1. The molecule has 10 nitrogen and oxygen atoms in total. The van der Waals surface area contributed by atoms with E-state index in [1.165, 1.54) is 6.08 Å². The number of likely N-dealkylation sites (N-methyl/N-ethyl adjacent to an activating group) is 1. The summed E-state index contributed by atoms with van der Waals surface area (Å²) in [6.45, 7) is 12.8. The second-order valence-corrected chi connectivity index (χ2v) is 13.0. The Bertz CT molecular complexity index is 1510. The van der Waals surface area contributed by atoms with E-state index in [1.54, 1.807) is 9.80 Å². The zero-order valence-corrected chi connectivity index (χ0v) is 25.9. The van der Waals surface area contributed by atoms with Gasteiger partial charge < -0.3 is 29.4 Å². The Morgan fingerprint density at radius 1 is 1.09 bits per heavy atom. The molecule has 2 amide bonds. The fourth-order valence-electron chi connectivity index (χ4n) is 6.92. The molecule has 3 fully saturated rings. The number of piperazine rings is 2. The number of benzene rings is 1. The highest BCUT2D eigenvalue weighted by Crippen LogP contribution is 2.48. The van der Waals surface area contributed by atoms with Gasteiger partial charge in [-0.2, -0.15) is 0 Å². The third kappa shape index (κ3) is 5.16. The number of amides is 2. The number of carbonyl (C=O) groups is 2. The molecule has 0 bridgehead atoms. The maximum absolute atomic E-state index is 15.3. The molecule has 0 spiro atoms. The summed E-state index contributed by atoms with van der Waals surface area (Å²) in [5.74, 6) is -3.27. The van der Waals surface area contributed by atoms with Crippen LogP contribution in [-0.2, 0) is 4.79 Å². The molecule has 2 atom stereocenters. The summed E-state index contributed by atoms with van der Waals surface area (Å²) in [4.78, 5) is 41.6. The molecule has 3 saturated heterocycles. The third-order valence-electron chi connectivity index (χ3n) is 9.42. The zero-order valence-electron chi connectivity index (χ0n) is 25.2. The minimum absolute atomic E-state index is 0.00503. The van der Waals surface area contributed by atoms with E-state index in [9.17, 15) is 19.1 Å². The molecule has 5 heterocycles. The molecule has 0 aliphatic carbocycles. The Morgan fingerprint density at radius 2 is 1.80 bits per heavy atom. The van der Waals surface area contributed by atoms with Crippen LogP contribution in [0.15, 0.2) is 24.8 Å². The summed E-state index contributed by atoms with van der Waals surface area (Å²) >= 11 is 6.84. The van der Waals surface area contributed by atoms with Gasteiger partial charge in [-0.3, -0.25) is 14.5 Å². The molecule has 1 N–H and O–H groups in total. The van der Waals surface area contributed by atoms with E-state index in [1.807, 2.05) is 4.90 Å². The smallest absolute Gasteiger partial charge is 0.261 e. The van der Waals surface area contributed by atoms with Gasteiger partial charge in [0.1, 0.15) is 34.5 Å². The minimum atomic E-state index is -1.03. The molecule has 2 aromatic rings. The summed E-state index contributed by atoms with van der Waals surface area (Å²) in [6.07, 6.45) is 2.02. The average molecular weight is 631 g/mol. The van der Waals surface area contributed by atoms with Gasteiger partial charge in [0.2, 0.25) is 5.91 Å². The Morgan fingerprint density at radius 3 is 2.50 bits per heavy atom. The van der Waals surface area contributed by atoms with Gasteiger partial charge in [-0.1, -0.05) is 18.2 Å². The van der Waals surface area contributed by atoms with Gasteiger partial charge in [0.05, 0.1) is 11.6 Å². The van der Waals surface area contributed by atoms with Crippen molar-refractivity contribution in [1.82, 2.24) is 24.6 Å². The van der Waals surface area contributed by atoms with E-state index in [0.29, 0.717) is 13.1 Å². The van der Waals surface area contributed by atoms with Gasteiger partial charge in [-0.15, -0.1) is 0 Å². The first-order valence-electron chi connectivity index (χ1n) is 14.9. The standard InChI is InChI=1S/C31H37ClF2N6O4/c1-5-22(41)38-12-13-39-19(15-38)17-44-28-24(30(39)43)29(35-26(25(28)32)23-20(33)6-7-21(34)27(23)42)40-16-18(14-31(40,2)3)37-10-8-36(4)9-11-37/h5-7,18-19,42H,1,8-17H2,2-4H3/t18?,19-/m1/s1. The second kappa shape index (κ2) is 11.5. The lowest BCUT2D eigenvalue weighted by Crippen LogP contribution is -2.57. The lowest BCUT2D eigenvalue weighted by molar-refractivity contribution is -0.128. The zero-order chi connectivity index (χ0) is 31.5. The Labute approximate surface area is 260 Å². The summed E-state index contributed by atoms with van der Waals surface area (Å²) in [6, 6.07) is 1.40. The number of phenols is 1. The maximum atomic E-state index is 15.3. The highest BCUT2D eigenvalue weighted by atomic mass is 35.5. The fourth-order valence-corrected chi connectivity index (χ4v) is 7.20. The summed E-state index contributed by atoms with van der Waals surface area (Å²) in [7, 11) is 2.10. The molecule has 0 radical (unpaired) electrons. The number of fused-ring (bicyclic) bond motifs is 2. The molecular formula is C31H37ClF2N6O4. The molecule has 44 heavy (non-hydrogen) atoms. The predicted octanol–water partition coefficient (Wildman–Crippen LogP) is 3.22. The highest BCUT2D eigenvalue weighted by molar-refractivity contribution is 6.35. The number of phenolic OH excluding ortho intramolecular Hbond substituents is 1. The fraction of sp³-hybridized carbons (Fsp3) is 0.516. The Balaban J connectivity index is 1.49. The van der Waals surface area contributed by atoms with Crippen LogP contribution in [0.25, 0.3) is 11.3 Å². The highest BCUT2D eigenvalue weighted by Gasteiger charge is 2.47. The normalized spacial score (nSPS) is 24.0. The monoisotopic (exact) mass is 630 g/mol. The molecule has 6 rings (SSSR count). The first kappa shape index (κ1) is 30.5. The van der Waals surface area contributed by atoms with Crippen LogP contribution >= 0.6 is 11.6 Å². The predicted molar refractivity (Wildman–Crippen MR) is 162 cm³/mol. The van der Waals surface area contributed by atoms with Crippen molar-refractivity contribution in [2.24, 2.45) is 0 Å². The van der Waals surface area contributed by atoms with Crippen molar-refractivity contribution in [3.63, 3.8) is 0 Å². The van der Waals surface area contributed by atoms with Crippen molar-refractivity contribution in [3.8, 4) is 22.8 Å². The summed E-state index contributed by atoms with van der Waals surface area (Å²) in [5, 5.41) is 10.4. The van der Waals surface area contributed by atoms with Crippen molar-refractivity contribution in [3.05, 3.63) is 47.0 Å². The molecule has 0 saturated carbocycles. The molecule has 4 aliphatic rings. The van der Waals surface area contributed by atoms with Gasteiger partial charge in [-0.25, -0.2) is 13.8 Å². The van der Waals surface area contributed by atoms with Crippen LogP contribution in [0.1, 0.15) is 30.6 Å². The number of rotatable bonds is 4. The van der Waals surface area contributed by atoms with Crippen molar-refractivity contribution < 1.29 is 28.2 Å². The van der Waals surface area contributed by atoms with Crippen LogP contribution in [0, 0.1) is 11.6 Å². The van der Waals surface area contributed by atoms with E-state index < -0.39 is 34.5 Å². The van der Waals surface area contributed by atoms with Gasteiger partial charge in [0.25, 0.3) is 5.91 Å². The number of pyridine rings is 1. The number of carbonyl (C=O) groups excluding carboxylic acids is 2. The number of nitrogens with zero attached hydrogens (tertiary/aromatic N) is 6. The van der Waals surface area contributed by atoms with Crippen LogP contribution in [0.3, 0.4) is 0 Å². The number of aromatic hydroxyl groups is 1. The van der Waals surface area contributed by atoms with E-state index in [-0.39, 0.29) is 65.4 Å². The average Bonchev–Trinajstić information content (AvgIpc) is 3.24. The molecule has 1 aromatic carbocycles. The van der Waals surface area contributed by atoms with E-state index in [0.717, 1.165) is 44.7 Å². The largest absolute Gasteiger partial charge is 0.504 e. The molecular weight excluding hydrogens is 594 g/mol. The van der Waals surface area contributed by atoms with Gasteiger partial charge in [-0.05, 0) is 45.5 Å². The maximum Gasteiger partial charge on any atom is 0.261 e. The third-order valence-corrected chi connectivity index (χ3v) is 9.77. The SMILES string of the molecule is C=CC(=O)N1CCN2C(=O)c3c(N4CC(N5CCN(C)CC5)CC4(C)C)nc(-c4c(F)ccc(F)c4O)c(Cl)c3OC[C@H]2C1.